The number of nitriles is 1. The lowest BCUT2D eigenvalue weighted by atomic mass is 10.0. The zero-order valence-corrected chi connectivity index (χ0v) is 22.2. The van der Waals surface area contributed by atoms with Crippen molar-refractivity contribution >= 4 is 29.1 Å². The van der Waals surface area contributed by atoms with Gasteiger partial charge in [0.2, 0.25) is 0 Å². The van der Waals surface area contributed by atoms with Gasteiger partial charge in [-0.25, -0.2) is 9.36 Å². The Hall–Kier alpha value is -4.70. The van der Waals surface area contributed by atoms with Crippen molar-refractivity contribution in [1.82, 2.24) is 30.1 Å². The normalized spacial score (nSPS) is 11.4. The lowest BCUT2D eigenvalue weighted by molar-refractivity contribution is -0.141. The number of nitrogens with one attached hydrogen (secondary N) is 2. The van der Waals surface area contributed by atoms with Gasteiger partial charge in [-0.2, -0.15) is 23.5 Å². The average Bonchev–Trinajstić information content (AvgIpc) is 3.52. The summed E-state index contributed by atoms with van der Waals surface area (Å²) in [6, 6.07) is 12.6. The smallest absolute Gasteiger partial charge is 0.350 e. The molecule has 0 radical (unpaired) electrons. The van der Waals surface area contributed by atoms with Gasteiger partial charge in [-0.1, -0.05) is 28.9 Å². The fraction of sp³-hybridized carbons (Fsp3) is 0.231. The molecule has 2 N–H and O–H groups in total. The predicted octanol–water partition coefficient (Wildman–Crippen LogP) is 4.75. The summed E-state index contributed by atoms with van der Waals surface area (Å²) >= 11 is 6.36. The van der Waals surface area contributed by atoms with Gasteiger partial charge in [-0.15, -0.1) is 5.10 Å². The van der Waals surface area contributed by atoms with Gasteiger partial charge in [0.05, 0.1) is 52.0 Å². The minimum absolute atomic E-state index is 0.0155. The van der Waals surface area contributed by atoms with Crippen molar-refractivity contribution in [2.75, 3.05) is 5.32 Å². The number of benzene rings is 2. The molecule has 206 valence electrons. The van der Waals surface area contributed by atoms with Crippen molar-refractivity contribution in [3.8, 4) is 11.8 Å². The number of anilines is 1. The van der Waals surface area contributed by atoms with Gasteiger partial charge in [0.25, 0.3) is 11.8 Å². The first-order valence-electron chi connectivity index (χ1n) is 11.9. The molecule has 4 aromatic rings. The highest BCUT2D eigenvalue weighted by Gasteiger charge is 2.34. The second-order valence-electron chi connectivity index (χ2n) is 9.09. The molecule has 0 saturated heterocycles. The molecule has 14 heteroatoms. The van der Waals surface area contributed by atoms with Crippen LogP contribution in [0.5, 0.6) is 0 Å². The number of carbonyl (C=O) groups excluding carboxylic acids is 2. The van der Waals surface area contributed by atoms with Crippen LogP contribution in [-0.2, 0) is 12.7 Å². The molecule has 0 fully saturated rings. The van der Waals surface area contributed by atoms with Crippen molar-refractivity contribution in [1.29, 1.82) is 5.26 Å². The number of para-hydroxylation sites is 1. The first-order chi connectivity index (χ1) is 18.9. The summed E-state index contributed by atoms with van der Waals surface area (Å²) in [5.74, 6) is -1.17. The number of nitrogens with zero attached hydrogens (tertiary/aromatic N) is 6. The third-order valence-corrected chi connectivity index (χ3v) is 5.91. The molecule has 0 spiro atoms. The molecule has 0 aliphatic rings. The van der Waals surface area contributed by atoms with Crippen molar-refractivity contribution in [2.45, 2.75) is 39.5 Å². The minimum atomic E-state index is -4.67. The SMILES string of the molecule is Cc1cc(C#N)cc(C(=O)NC(C)C)c1NC(=O)c1cc(Cn2cc(C(F)(F)F)nn2)nn1-c1ccccc1Cl. The summed E-state index contributed by atoms with van der Waals surface area (Å²) in [6.45, 7) is 4.96. The summed E-state index contributed by atoms with van der Waals surface area (Å²) in [4.78, 5) is 26.6. The van der Waals surface area contributed by atoms with E-state index in [-0.39, 0.29) is 45.8 Å². The Balaban J connectivity index is 1.75. The van der Waals surface area contributed by atoms with Gasteiger partial charge in [0.15, 0.2) is 5.69 Å². The summed E-state index contributed by atoms with van der Waals surface area (Å²) in [6.07, 6.45) is -3.94. The molecule has 0 aliphatic heterocycles. The number of halogens is 4. The van der Waals surface area contributed by atoms with E-state index >= 15 is 0 Å². The molecule has 0 aliphatic carbocycles. The van der Waals surface area contributed by atoms with Crippen molar-refractivity contribution in [3.63, 3.8) is 0 Å². The van der Waals surface area contributed by atoms with Gasteiger partial charge in [0, 0.05) is 6.04 Å². The lowest BCUT2D eigenvalue weighted by Gasteiger charge is -2.16. The van der Waals surface area contributed by atoms with E-state index in [4.69, 9.17) is 11.6 Å². The van der Waals surface area contributed by atoms with Crippen LogP contribution in [0.3, 0.4) is 0 Å². The Morgan fingerprint density at radius 2 is 1.88 bits per heavy atom. The highest BCUT2D eigenvalue weighted by atomic mass is 35.5. The highest BCUT2D eigenvalue weighted by Crippen LogP contribution is 2.28. The van der Waals surface area contributed by atoms with E-state index in [1.807, 2.05) is 6.07 Å². The zero-order chi connectivity index (χ0) is 29.2. The maximum Gasteiger partial charge on any atom is 0.436 e. The van der Waals surface area contributed by atoms with E-state index in [0.29, 0.717) is 11.3 Å². The van der Waals surface area contributed by atoms with Crippen LogP contribution >= 0.6 is 11.6 Å². The first kappa shape index (κ1) is 28.3. The molecular weight excluding hydrogens is 549 g/mol. The van der Waals surface area contributed by atoms with E-state index in [9.17, 15) is 28.0 Å². The second-order valence-corrected chi connectivity index (χ2v) is 9.50. The fourth-order valence-corrected chi connectivity index (χ4v) is 4.08. The number of alkyl halides is 3. The second kappa shape index (κ2) is 11.2. The third kappa shape index (κ3) is 6.13. The van der Waals surface area contributed by atoms with Crippen molar-refractivity contribution < 1.29 is 22.8 Å². The number of aromatic nitrogens is 5. The molecular formula is C26H22ClF3N8O2. The van der Waals surface area contributed by atoms with E-state index in [0.717, 1.165) is 10.9 Å². The van der Waals surface area contributed by atoms with Gasteiger partial charge < -0.3 is 10.6 Å². The van der Waals surface area contributed by atoms with Gasteiger partial charge in [-0.3, -0.25) is 9.59 Å². The summed E-state index contributed by atoms with van der Waals surface area (Å²) < 4.78 is 41.1. The number of hydrogen-bond donors (Lipinski definition) is 2. The highest BCUT2D eigenvalue weighted by molar-refractivity contribution is 6.32. The molecule has 10 nitrogen and oxygen atoms in total. The summed E-state index contributed by atoms with van der Waals surface area (Å²) in [5.41, 5.74) is 0.318. The lowest BCUT2D eigenvalue weighted by Crippen LogP contribution is -2.31. The topological polar surface area (TPSA) is 131 Å². The molecule has 0 unspecified atom stereocenters. The molecule has 2 aromatic heterocycles. The minimum Gasteiger partial charge on any atom is -0.350 e. The molecule has 2 amide bonds. The van der Waals surface area contributed by atoms with E-state index < -0.39 is 23.7 Å². The monoisotopic (exact) mass is 570 g/mol. The number of aryl methyl sites for hydroxylation is 1. The van der Waals surface area contributed by atoms with Crippen LogP contribution < -0.4 is 10.6 Å². The molecule has 4 rings (SSSR count). The van der Waals surface area contributed by atoms with E-state index in [2.05, 4.69) is 26.0 Å². The quantitative estimate of drug-likeness (QED) is 0.330. The maximum absolute atomic E-state index is 13.6. The van der Waals surface area contributed by atoms with Gasteiger partial charge in [0.1, 0.15) is 5.69 Å². The average molecular weight is 571 g/mol. The first-order valence-corrected chi connectivity index (χ1v) is 12.2. The van der Waals surface area contributed by atoms with Gasteiger partial charge in [-0.05, 0) is 56.7 Å². The molecule has 0 saturated carbocycles. The molecule has 0 atom stereocenters. The van der Waals surface area contributed by atoms with E-state index in [1.54, 1.807) is 45.0 Å². The molecule has 0 bridgehead atoms. The maximum atomic E-state index is 13.6. The molecule has 40 heavy (non-hydrogen) atoms. The van der Waals surface area contributed by atoms with Crippen LogP contribution in [0.15, 0.2) is 48.7 Å². The van der Waals surface area contributed by atoms with Crippen LogP contribution in [0, 0.1) is 18.3 Å². The third-order valence-electron chi connectivity index (χ3n) is 5.59. The van der Waals surface area contributed by atoms with Crippen molar-refractivity contribution in [2.24, 2.45) is 0 Å². The Morgan fingerprint density at radius 1 is 1.15 bits per heavy atom. The Labute approximate surface area is 231 Å². The number of carbonyl (C=O) groups is 2. The number of hydrogen-bond acceptors (Lipinski definition) is 6. The Kier molecular flexibility index (Phi) is 7.92. The largest absolute Gasteiger partial charge is 0.436 e. The Morgan fingerprint density at radius 3 is 2.50 bits per heavy atom. The standard InChI is InChI=1S/C26H22ClF3N8O2/c1-14(2)32-24(39)18-9-16(11-31)8-15(3)23(18)33-25(40)21-10-17(12-37-13-22(34-36-37)26(28,29)30)35-38(21)20-7-5-4-6-19(20)27/h4-10,13-14H,12H2,1-3H3,(H,32,39)(H,33,40). The summed E-state index contributed by atoms with van der Waals surface area (Å²) in [5, 5.41) is 26.2. The van der Waals surface area contributed by atoms with Crippen LogP contribution in [0.2, 0.25) is 5.02 Å². The van der Waals surface area contributed by atoms with Gasteiger partial charge >= 0.3 is 6.18 Å². The zero-order valence-electron chi connectivity index (χ0n) is 21.4. The number of amides is 2. The Bertz CT molecular complexity index is 1640. The van der Waals surface area contributed by atoms with Crippen molar-refractivity contribution in [3.05, 3.63) is 87.5 Å². The van der Waals surface area contributed by atoms with Crippen LogP contribution in [-0.4, -0.2) is 42.6 Å². The molecule has 2 heterocycles. The van der Waals surface area contributed by atoms with Crippen LogP contribution in [0.1, 0.15) is 57.2 Å². The van der Waals surface area contributed by atoms with E-state index in [1.165, 1.54) is 22.9 Å². The summed E-state index contributed by atoms with van der Waals surface area (Å²) in [7, 11) is 0. The fourth-order valence-electron chi connectivity index (χ4n) is 3.86. The number of rotatable bonds is 7. The van der Waals surface area contributed by atoms with Crippen LogP contribution in [0.25, 0.3) is 5.69 Å². The van der Waals surface area contributed by atoms with Crippen LogP contribution in [0.4, 0.5) is 18.9 Å². The molecule has 2 aromatic carbocycles. The predicted molar refractivity (Wildman–Crippen MR) is 139 cm³/mol.